The summed E-state index contributed by atoms with van der Waals surface area (Å²) in [4.78, 5) is 19.0. The highest BCUT2D eigenvalue weighted by atomic mass is 79.9. The van der Waals surface area contributed by atoms with E-state index < -0.39 is 0 Å². The molecule has 0 saturated carbocycles. The summed E-state index contributed by atoms with van der Waals surface area (Å²) in [7, 11) is 0. The van der Waals surface area contributed by atoms with Gasteiger partial charge in [0, 0.05) is 29.2 Å². The van der Waals surface area contributed by atoms with Crippen LogP contribution >= 0.6 is 27.7 Å². The van der Waals surface area contributed by atoms with E-state index in [0.29, 0.717) is 23.9 Å². The maximum atomic E-state index is 12.2. The maximum Gasteiger partial charge on any atom is 0.286 e. The number of carbonyl (C=O) groups is 1. The Bertz CT molecular complexity index is 869. The van der Waals surface area contributed by atoms with Crippen molar-refractivity contribution in [3.05, 3.63) is 51.5 Å². The van der Waals surface area contributed by atoms with Gasteiger partial charge in [-0.05, 0) is 30.0 Å². The summed E-state index contributed by atoms with van der Waals surface area (Å²) in [6, 6.07) is 11.6. The van der Waals surface area contributed by atoms with E-state index in [2.05, 4.69) is 25.8 Å². The fourth-order valence-corrected chi connectivity index (χ4v) is 4.08. The summed E-state index contributed by atoms with van der Waals surface area (Å²) in [5.74, 6) is 1.18. The third kappa shape index (κ3) is 3.58. The van der Waals surface area contributed by atoms with E-state index in [0.717, 1.165) is 34.1 Å². The molecular formula is C18H15BrN2O3S. The van der Waals surface area contributed by atoms with Crippen molar-refractivity contribution >= 4 is 44.8 Å². The minimum absolute atomic E-state index is 0.217. The minimum Gasteiger partial charge on any atom is -0.457 e. The number of furan rings is 1. The van der Waals surface area contributed by atoms with Gasteiger partial charge in [-0.25, -0.2) is 0 Å². The number of aliphatic imine (C=N–C) groups is 1. The molecule has 3 heterocycles. The highest BCUT2D eigenvalue weighted by Crippen LogP contribution is 2.33. The first-order chi connectivity index (χ1) is 12.2. The van der Waals surface area contributed by atoms with Crippen molar-refractivity contribution in [1.29, 1.82) is 0 Å². The lowest BCUT2D eigenvalue weighted by Gasteiger charge is -2.27. The predicted octanol–water partition coefficient (Wildman–Crippen LogP) is 4.01. The van der Waals surface area contributed by atoms with Crippen molar-refractivity contribution in [3.63, 3.8) is 0 Å². The molecule has 2 aliphatic rings. The molecule has 1 amide bonds. The standard InChI is InChI=1S/C18H15BrN2O3S/c19-14-4-2-1-3-13(14)15-6-5-12(24-15)11-16-17(22)20-18(25-16)21-7-9-23-10-8-21/h1-6,11H,7-10H2/b16-11+. The zero-order chi connectivity index (χ0) is 17.2. The highest BCUT2D eigenvalue weighted by Gasteiger charge is 2.27. The third-order valence-corrected chi connectivity index (χ3v) is 5.67. The number of carbonyl (C=O) groups excluding carboxylic acids is 1. The van der Waals surface area contributed by atoms with Crippen molar-refractivity contribution in [2.75, 3.05) is 26.3 Å². The van der Waals surface area contributed by atoms with Crippen LogP contribution in [0.15, 0.2) is 55.2 Å². The smallest absolute Gasteiger partial charge is 0.286 e. The van der Waals surface area contributed by atoms with E-state index in [-0.39, 0.29) is 5.91 Å². The number of ether oxygens (including phenoxy) is 1. The summed E-state index contributed by atoms with van der Waals surface area (Å²) in [5.41, 5.74) is 0.975. The van der Waals surface area contributed by atoms with E-state index in [9.17, 15) is 4.79 Å². The van der Waals surface area contributed by atoms with Crippen LogP contribution in [0.5, 0.6) is 0 Å². The number of halogens is 1. The highest BCUT2D eigenvalue weighted by molar-refractivity contribution is 9.10. The van der Waals surface area contributed by atoms with E-state index >= 15 is 0 Å². The minimum atomic E-state index is -0.217. The Morgan fingerprint density at radius 3 is 2.76 bits per heavy atom. The van der Waals surface area contributed by atoms with Crippen LogP contribution in [-0.2, 0) is 9.53 Å². The van der Waals surface area contributed by atoms with Gasteiger partial charge in [0.2, 0.25) is 0 Å². The Kier molecular flexibility index (Phi) is 4.78. The summed E-state index contributed by atoms with van der Waals surface area (Å²) < 4.78 is 12.2. The molecule has 128 valence electrons. The van der Waals surface area contributed by atoms with Gasteiger partial charge in [-0.2, -0.15) is 4.99 Å². The average molecular weight is 419 g/mol. The molecule has 5 nitrogen and oxygen atoms in total. The van der Waals surface area contributed by atoms with E-state index in [1.807, 2.05) is 36.4 Å². The quantitative estimate of drug-likeness (QED) is 0.689. The molecule has 25 heavy (non-hydrogen) atoms. The van der Waals surface area contributed by atoms with Crippen LogP contribution in [0.2, 0.25) is 0 Å². The normalized spacial score (nSPS) is 19.6. The van der Waals surface area contributed by atoms with Crippen LogP contribution in [-0.4, -0.2) is 42.3 Å². The second-order valence-electron chi connectivity index (χ2n) is 5.59. The Labute approximate surface area is 157 Å². The van der Waals surface area contributed by atoms with E-state index in [1.54, 1.807) is 6.08 Å². The number of thioether (sulfide) groups is 1. The molecule has 1 aromatic carbocycles. The van der Waals surface area contributed by atoms with Crippen molar-refractivity contribution in [2.45, 2.75) is 0 Å². The van der Waals surface area contributed by atoms with E-state index in [4.69, 9.17) is 9.15 Å². The van der Waals surface area contributed by atoms with Crippen LogP contribution < -0.4 is 0 Å². The molecule has 1 fully saturated rings. The predicted molar refractivity (Wildman–Crippen MR) is 102 cm³/mol. The number of hydrogen-bond acceptors (Lipinski definition) is 5. The second-order valence-corrected chi connectivity index (χ2v) is 7.45. The Morgan fingerprint density at radius 2 is 1.96 bits per heavy atom. The van der Waals surface area contributed by atoms with Gasteiger partial charge in [0.15, 0.2) is 5.17 Å². The first-order valence-electron chi connectivity index (χ1n) is 7.91. The molecule has 7 heteroatoms. The number of amides is 1. The summed E-state index contributed by atoms with van der Waals surface area (Å²) >= 11 is 4.92. The molecule has 4 rings (SSSR count). The van der Waals surface area contributed by atoms with Crippen LogP contribution in [0.4, 0.5) is 0 Å². The van der Waals surface area contributed by atoms with E-state index in [1.165, 1.54) is 11.8 Å². The molecule has 2 aromatic rings. The van der Waals surface area contributed by atoms with Gasteiger partial charge in [0.1, 0.15) is 11.5 Å². The van der Waals surface area contributed by atoms with Crippen molar-refractivity contribution in [3.8, 4) is 11.3 Å². The monoisotopic (exact) mass is 418 g/mol. The number of rotatable bonds is 2. The van der Waals surface area contributed by atoms with Gasteiger partial charge in [-0.1, -0.05) is 34.1 Å². The second kappa shape index (κ2) is 7.19. The van der Waals surface area contributed by atoms with Crippen LogP contribution in [0, 0.1) is 0 Å². The zero-order valence-corrected chi connectivity index (χ0v) is 15.7. The van der Waals surface area contributed by atoms with Crippen LogP contribution in [0.3, 0.4) is 0 Å². The molecule has 0 unspecified atom stereocenters. The molecule has 0 spiro atoms. The molecular weight excluding hydrogens is 404 g/mol. The topological polar surface area (TPSA) is 55.0 Å². The lowest BCUT2D eigenvalue weighted by molar-refractivity contribution is -0.113. The maximum absolute atomic E-state index is 12.2. The first kappa shape index (κ1) is 16.6. The molecule has 0 aliphatic carbocycles. The number of benzene rings is 1. The van der Waals surface area contributed by atoms with Crippen molar-refractivity contribution in [1.82, 2.24) is 4.90 Å². The van der Waals surface area contributed by atoms with Gasteiger partial charge >= 0.3 is 0 Å². The van der Waals surface area contributed by atoms with Gasteiger partial charge in [-0.15, -0.1) is 0 Å². The third-order valence-electron chi connectivity index (χ3n) is 3.93. The summed E-state index contributed by atoms with van der Waals surface area (Å²) in [6.45, 7) is 2.86. The lowest BCUT2D eigenvalue weighted by atomic mass is 10.2. The fraction of sp³-hybridized carbons (Fsp3) is 0.222. The molecule has 1 saturated heterocycles. The number of morpholine rings is 1. The van der Waals surface area contributed by atoms with Gasteiger partial charge in [-0.3, -0.25) is 4.79 Å². The Morgan fingerprint density at radius 1 is 1.16 bits per heavy atom. The molecule has 0 atom stereocenters. The lowest BCUT2D eigenvalue weighted by Crippen LogP contribution is -2.38. The van der Waals surface area contributed by atoms with Crippen molar-refractivity contribution < 1.29 is 13.9 Å². The largest absolute Gasteiger partial charge is 0.457 e. The van der Waals surface area contributed by atoms with Gasteiger partial charge in [0.25, 0.3) is 5.91 Å². The SMILES string of the molecule is O=C1N=C(N2CCOCC2)S/C1=C/c1ccc(-c2ccccc2Br)o1. The van der Waals surface area contributed by atoms with Gasteiger partial charge in [0.05, 0.1) is 18.1 Å². The summed E-state index contributed by atoms with van der Waals surface area (Å²) in [6.07, 6.45) is 1.75. The van der Waals surface area contributed by atoms with Gasteiger partial charge < -0.3 is 14.1 Å². The number of hydrogen-bond donors (Lipinski definition) is 0. The summed E-state index contributed by atoms with van der Waals surface area (Å²) in [5, 5.41) is 0.747. The molecule has 0 N–H and O–H groups in total. The zero-order valence-electron chi connectivity index (χ0n) is 13.3. The molecule has 0 bridgehead atoms. The number of nitrogens with zero attached hydrogens (tertiary/aromatic N) is 2. The fourth-order valence-electron chi connectivity index (χ4n) is 2.65. The van der Waals surface area contributed by atoms with Crippen LogP contribution in [0.1, 0.15) is 5.76 Å². The average Bonchev–Trinajstić information content (AvgIpc) is 3.24. The first-order valence-corrected chi connectivity index (χ1v) is 9.52. The molecule has 1 aromatic heterocycles. The molecule has 2 aliphatic heterocycles. The number of amidine groups is 1. The Balaban J connectivity index is 1.52. The van der Waals surface area contributed by atoms with Crippen LogP contribution in [0.25, 0.3) is 17.4 Å². The Hall–Kier alpha value is -1.83. The van der Waals surface area contributed by atoms with Crippen molar-refractivity contribution in [2.24, 2.45) is 4.99 Å². The molecule has 0 radical (unpaired) electrons.